The molecule has 0 heterocycles. The van der Waals surface area contributed by atoms with E-state index >= 15 is 0 Å². The van der Waals surface area contributed by atoms with Gasteiger partial charge in [0, 0.05) is 6.04 Å². The molecule has 0 radical (unpaired) electrons. The molecule has 0 amide bonds. The van der Waals surface area contributed by atoms with E-state index in [2.05, 4.69) is 36.5 Å². The molecule has 0 unspecified atom stereocenters. The van der Waals surface area contributed by atoms with E-state index in [1.165, 1.54) is 5.56 Å². The van der Waals surface area contributed by atoms with Gasteiger partial charge in [-0.25, -0.2) is 0 Å². The largest absolute Gasteiger partial charge is 0.330 e. The maximum Gasteiger partial charge on any atom is 0.0291 e. The summed E-state index contributed by atoms with van der Waals surface area (Å²) in [4.78, 5) is 0. The molecule has 0 aromatic heterocycles. The van der Waals surface area contributed by atoms with E-state index in [4.69, 9.17) is 5.73 Å². The second-order valence-corrected chi connectivity index (χ2v) is 3.23. The fraction of sp³-hybridized carbons (Fsp3) is 0.455. The van der Waals surface area contributed by atoms with Crippen LogP contribution in [0.25, 0.3) is 0 Å². The van der Waals surface area contributed by atoms with Crippen molar-refractivity contribution in [2.45, 2.75) is 19.4 Å². The molecule has 0 saturated carbocycles. The van der Waals surface area contributed by atoms with Crippen molar-refractivity contribution in [1.82, 2.24) is 5.32 Å². The van der Waals surface area contributed by atoms with Gasteiger partial charge in [0.25, 0.3) is 0 Å². The first-order valence-electron chi connectivity index (χ1n) is 4.83. The van der Waals surface area contributed by atoms with E-state index in [-0.39, 0.29) is 12.4 Å². The van der Waals surface area contributed by atoms with Crippen LogP contribution < -0.4 is 11.1 Å². The van der Waals surface area contributed by atoms with Gasteiger partial charge in [-0.1, -0.05) is 30.3 Å². The van der Waals surface area contributed by atoms with Crippen LogP contribution in [0.5, 0.6) is 0 Å². The topological polar surface area (TPSA) is 38.0 Å². The van der Waals surface area contributed by atoms with Gasteiger partial charge in [-0.3, -0.25) is 0 Å². The Morgan fingerprint density at radius 2 is 1.93 bits per heavy atom. The van der Waals surface area contributed by atoms with E-state index < -0.39 is 0 Å². The molecule has 0 saturated heterocycles. The van der Waals surface area contributed by atoms with Crippen molar-refractivity contribution in [2.75, 3.05) is 13.1 Å². The molecule has 0 spiro atoms. The summed E-state index contributed by atoms with van der Waals surface area (Å²) >= 11 is 0. The third-order valence-corrected chi connectivity index (χ3v) is 2.13. The quantitative estimate of drug-likeness (QED) is 0.737. The minimum atomic E-state index is 0. The van der Waals surface area contributed by atoms with E-state index in [0.29, 0.717) is 6.04 Å². The first-order chi connectivity index (χ1) is 6.34. The number of nitrogens with two attached hydrogens (primary N) is 1. The smallest absolute Gasteiger partial charge is 0.0291 e. The molecule has 1 rings (SSSR count). The Bertz CT molecular complexity index is 226. The van der Waals surface area contributed by atoms with Gasteiger partial charge in [0.15, 0.2) is 0 Å². The predicted molar refractivity (Wildman–Crippen MR) is 63.8 cm³/mol. The van der Waals surface area contributed by atoms with Gasteiger partial charge in [-0.15, -0.1) is 12.4 Å². The van der Waals surface area contributed by atoms with Crippen LogP contribution in [0.15, 0.2) is 30.3 Å². The highest BCUT2D eigenvalue weighted by Crippen LogP contribution is 2.10. The van der Waals surface area contributed by atoms with E-state index in [9.17, 15) is 0 Å². The second kappa shape index (κ2) is 7.80. The van der Waals surface area contributed by atoms with Crippen LogP contribution >= 0.6 is 12.4 Å². The first-order valence-corrected chi connectivity index (χ1v) is 4.83. The highest BCUT2D eigenvalue weighted by atomic mass is 35.5. The molecule has 0 aliphatic rings. The van der Waals surface area contributed by atoms with Gasteiger partial charge in [0.1, 0.15) is 0 Å². The number of hydrogen-bond acceptors (Lipinski definition) is 2. The van der Waals surface area contributed by atoms with Crippen LogP contribution in [0.2, 0.25) is 0 Å². The number of nitrogens with one attached hydrogen (secondary N) is 1. The summed E-state index contributed by atoms with van der Waals surface area (Å²) in [7, 11) is 0. The monoisotopic (exact) mass is 214 g/mol. The van der Waals surface area contributed by atoms with Crippen LogP contribution in [0.1, 0.15) is 24.9 Å². The summed E-state index contributed by atoms with van der Waals surface area (Å²) in [5.74, 6) is 0. The number of rotatable bonds is 5. The minimum absolute atomic E-state index is 0. The number of halogens is 1. The molecule has 3 heteroatoms. The Morgan fingerprint density at radius 3 is 2.50 bits per heavy atom. The zero-order valence-electron chi connectivity index (χ0n) is 8.57. The van der Waals surface area contributed by atoms with Crippen molar-refractivity contribution in [3.63, 3.8) is 0 Å². The lowest BCUT2D eigenvalue weighted by molar-refractivity contribution is 0.562. The molecule has 1 aromatic rings. The third kappa shape index (κ3) is 4.61. The Balaban J connectivity index is 0.00000169. The summed E-state index contributed by atoms with van der Waals surface area (Å²) in [6, 6.07) is 10.9. The first kappa shape index (κ1) is 13.4. The average Bonchev–Trinajstić information content (AvgIpc) is 2.19. The molecule has 0 fully saturated rings. The summed E-state index contributed by atoms with van der Waals surface area (Å²) in [6.07, 6.45) is 1.04. The van der Waals surface area contributed by atoms with Crippen molar-refractivity contribution in [1.29, 1.82) is 0 Å². The van der Waals surface area contributed by atoms with E-state index in [1.807, 2.05) is 6.07 Å². The zero-order chi connectivity index (χ0) is 9.52. The highest BCUT2D eigenvalue weighted by Gasteiger charge is 2.01. The van der Waals surface area contributed by atoms with Gasteiger partial charge in [-0.05, 0) is 32.0 Å². The van der Waals surface area contributed by atoms with E-state index in [1.54, 1.807) is 0 Å². The molecule has 1 aromatic carbocycles. The summed E-state index contributed by atoms with van der Waals surface area (Å²) in [6.45, 7) is 3.92. The summed E-state index contributed by atoms with van der Waals surface area (Å²) in [5, 5.41) is 3.42. The van der Waals surface area contributed by atoms with Gasteiger partial charge in [0.2, 0.25) is 0 Å². The fourth-order valence-electron chi connectivity index (χ4n) is 1.28. The lowest BCUT2D eigenvalue weighted by atomic mass is 10.1. The highest BCUT2D eigenvalue weighted by molar-refractivity contribution is 5.85. The number of hydrogen-bond donors (Lipinski definition) is 2. The lowest BCUT2D eigenvalue weighted by Gasteiger charge is -2.13. The molecular formula is C11H19ClN2. The van der Waals surface area contributed by atoms with Crippen molar-refractivity contribution < 1.29 is 0 Å². The molecule has 0 bridgehead atoms. The molecular weight excluding hydrogens is 196 g/mol. The van der Waals surface area contributed by atoms with Gasteiger partial charge < -0.3 is 11.1 Å². The van der Waals surface area contributed by atoms with Crippen LogP contribution in [-0.4, -0.2) is 13.1 Å². The zero-order valence-corrected chi connectivity index (χ0v) is 9.39. The lowest BCUT2D eigenvalue weighted by Crippen LogP contribution is -2.21. The summed E-state index contributed by atoms with van der Waals surface area (Å²) in [5.41, 5.74) is 6.75. The third-order valence-electron chi connectivity index (χ3n) is 2.13. The molecule has 3 N–H and O–H groups in total. The Hall–Kier alpha value is -0.570. The molecule has 0 aliphatic carbocycles. The minimum Gasteiger partial charge on any atom is -0.330 e. The summed E-state index contributed by atoms with van der Waals surface area (Å²) < 4.78 is 0. The van der Waals surface area contributed by atoms with Crippen molar-refractivity contribution in [2.24, 2.45) is 5.73 Å². The molecule has 0 aliphatic heterocycles. The van der Waals surface area contributed by atoms with Crippen LogP contribution in [0.4, 0.5) is 0 Å². The Morgan fingerprint density at radius 1 is 1.29 bits per heavy atom. The maximum absolute atomic E-state index is 5.41. The van der Waals surface area contributed by atoms with Crippen LogP contribution in [0, 0.1) is 0 Å². The van der Waals surface area contributed by atoms with Gasteiger partial charge in [-0.2, -0.15) is 0 Å². The van der Waals surface area contributed by atoms with Crippen LogP contribution in [0.3, 0.4) is 0 Å². The van der Waals surface area contributed by atoms with Crippen molar-refractivity contribution >= 4 is 12.4 Å². The Kier molecular flexibility index (Phi) is 7.48. The van der Waals surface area contributed by atoms with Gasteiger partial charge in [0.05, 0.1) is 0 Å². The molecule has 2 nitrogen and oxygen atoms in total. The molecule has 80 valence electrons. The molecule has 1 atom stereocenters. The van der Waals surface area contributed by atoms with Crippen molar-refractivity contribution in [3.05, 3.63) is 35.9 Å². The number of benzene rings is 1. The van der Waals surface area contributed by atoms with Gasteiger partial charge >= 0.3 is 0 Å². The standard InChI is InChI=1S/C11H18N2.ClH/c1-10(13-9-5-8-12)11-6-3-2-4-7-11;/h2-4,6-7,10,13H,5,8-9,12H2,1H3;1H/t10-;/m0./s1. The average molecular weight is 215 g/mol. The fourth-order valence-corrected chi connectivity index (χ4v) is 1.28. The van der Waals surface area contributed by atoms with E-state index in [0.717, 1.165) is 19.5 Å². The molecule has 14 heavy (non-hydrogen) atoms. The van der Waals surface area contributed by atoms with Crippen molar-refractivity contribution in [3.8, 4) is 0 Å². The predicted octanol–water partition coefficient (Wildman–Crippen LogP) is 2.11. The normalized spacial score (nSPS) is 11.9. The SMILES string of the molecule is C[C@H](NCCCN)c1ccccc1.Cl. The second-order valence-electron chi connectivity index (χ2n) is 3.23. The van der Waals surface area contributed by atoms with Crippen LogP contribution in [-0.2, 0) is 0 Å². The maximum atomic E-state index is 5.41. The Labute approximate surface area is 92.3 Å².